The van der Waals surface area contributed by atoms with E-state index in [1.54, 1.807) is 0 Å². The first-order valence-electron chi connectivity index (χ1n) is 4.69. The Labute approximate surface area is 77.1 Å². The van der Waals surface area contributed by atoms with Crippen molar-refractivity contribution in [1.82, 2.24) is 0 Å². The Kier molecular flexibility index (Phi) is 1.44. The van der Waals surface area contributed by atoms with Gasteiger partial charge in [0, 0.05) is 5.41 Å². The van der Waals surface area contributed by atoms with Gasteiger partial charge in [-0.3, -0.25) is 9.59 Å². The van der Waals surface area contributed by atoms with Crippen LogP contribution in [0.5, 0.6) is 0 Å². The van der Waals surface area contributed by atoms with Crippen LogP contribution >= 0.6 is 0 Å². The number of Topliss-reactive ketones (excluding diaryl/α,β-unsaturated/α-hetero) is 1. The van der Waals surface area contributed by atoms with Crippen molar-refractivity contribution in [2.24, 2.45) is 16.7 Å². The van der Waals surface area contributed by atoms with Crippen LogP contribution in [0, 0.1) is 16.7 Å². The van der Waals surface area contributed by atoms with Crippen molar-refractivity contribution in [3.05, 3.63) is 0 Å². The predicted molar refractivity (Wildman–Crippen MR) is 46.2 cm³/mol. The highest BCUT2D eigenvalue weighted by molar-refractivity contribution is 6.08. The standard InChI is InChI=1S/C10H14O3/c1-9(2)6-3-4-10(5-6,7(9)11)8(12)13/h6H,3-5H2,1-2H3,(H,12,13). The summed E-state index contributed by atoms with van der Waals surface area (Å²) in [5.41, 5.74) is -1.43. The number of carbonyl (C=O) groups is 2. The van der Waals surface area contributed by atoms with Crippen LogP contribution in [0.4, 0.5) is 0 Å². The summed E-state index contributed by atoms with van der Waals surface area (Å²) in [7, 11) is 0. The van der Waals surface area contributed by atoms with Crippen LogP contribution < -0.4 is 0 Å². The summed E-state index contributed by atoms with van der Waals surface area (Å²) in [6.07, 6.45) is 2.01. The average molecular weight is 182 g/mol. The molecule has 0 aromatic carbocycles. The lowest BCUT2D eigenvalue weighted by Crippen LogP contribution is -2.41. The summed E-state index contributed by atoms with van der Waals surface area (Å²) in [5.74, 6) is -0.676. The highest BCUT2D eigenvalue weighted by atomic mass is 16.4. The zero-order valence-electron chi connectivity index (χ0n) is 7.96. The molecule has 3 heteroatoms. The third-order valence-electron chi connectivity index (χ3n) is 3.96. The average Bonchev–Trinajstić information content (AvgIpc) is 2.53. The van der Waals surface area contributed by atoms with Gasteiger partial charge in [-0.25, -0.2) is 0 Å². The number of fused-ring (bicyclic) bond motifs is 2. The van der Waals surface area contributed by atoms with Gasteiger partial charge in [0.25, 0.3) is 0 Å². The molecule has 0 aromatic rings. The van der Waals surface area contributed by atoms with Crippen LogP contribution in [0.1, 0.15) is 33.1 Å². The lowest BCUT2D eigenvalue weighted by atomic mass is 9.71. The second-order valence-electron chi connectivity index (χ2n) is 4.88. The number of hydrogen-bond acceptors (Lipinski definition) is 2. The van der Waals surface area contributed by atoms with E-state index < -0.39 is 16.8 Å². The minimum absolute atomic E-state index is 0.0521. The number of carboxylic acid groups (broad SMARTS) is 1. The normalized spacial score (nSPS) is 41.1. The molecule has 2 rings (SSSR count). The fourth-order valence-corrected chi connectivity index (χ4v) is 2.96. The van der Waals surface area contributed by atoms with Crippen molar-refractivity contribution in [3.63, 3.8) is 0 Å². The van der Waals surface area contributed by atoms with Gasteiger partial charge in [0.05, 0.1) is 0 Å². The molecule has 0 aromatic heterocycles. The molecule has 72 valence electrons. The Morgan fingerprint density at radius 1 is 1.54 bits per heavy atom. The fraction of sp³-hybridized carbons (Fsp3) is 0.800. The smallest absolute Gasteiger partial charge is 0.317 e. The van der Waals surface area contributed by atoms with Crippen molar-refractivity contribution in [2.45, 2.75) is 33.1 Å². The molecular formula is C10H14O3. The second kappa shape index (κ2) is 2.14. The summed E-state index contributed by atoms with van der Waals surface area (Å²) in [4.78, 5) is 22.9. The zero-order chi connectivity index (χ0) is 9.85. The van der Waals surface area contributed by atoms with Crippen molar-refractivity contribution in [1.29, 1.82) is 0 Å². The van der Waals surface area contributed by atoms with Crippen molar-refractivity contribution >= 4 is 11.8 Å². The van der Waals surface area contributed by atoms with Crippen LogP contribution in [0.2, 0.25) is 0 Å². The van der Waals surface area contributed by atoms with E-state index in [0.717, 1.165) is 6.42 Å². The summed E-state index contributed by atoms with van der Waals surface area (Å²) in [6, 6.07) is 0. The second-order valence-corrected chi connectivity index (χ2v) is 4.88. The van der Waals surface area contributed by atoms with Crippen molar-refractivity contribution in [2.75, 3.05) is 0 Å². The SMILES string of the molecule is CC1(C)C(=O)C2(C(=O)O)CCC1C2. The van der Waals surface area contributed by atoms with Crippen molar-refractivity contribution < 1.29 is 14.7 Å². The molecule has 0 heterocycles. The van der Waals surface area contributed by atoms with E-state index in [4.69, 9.17) is 5.11 Å². The van der Waals surface area contributed by atoms with Gasteiger partial charge >= 0.3 is 5.97 Å². The molecule has 0 spiro atoms. The van der Waals surface area contributed by atoms with E-state index in [0.29, 0.717) is 12.8 Å². The molecular weight excluding hydrogens is 168 g/mol. The maximum absolute atomic E-state index is 11.9. The molecule has 0 amide bonds. The molecule has 0 saturated heterocycles. The fourth-order valence-electron chi connectivity index (χ4n) is 2.96. The maximum atomic E-state index is 11.9. The van der Waals surface area contributed by atoms with Crippen molar-refractivity contribution in [3.8, 4) is 0 Å². The van der Waals surface area contributed by atoms with Gasteiger partial charge in [0.2, 0.25) is 0 Å². The maximum Gasteiger partial charge on any atom is 0.317 e. The monoisotopic (exact) mass is 182 g/mol. The van der Waals surface area contributed by atoms with E-state index in [1.807, 2.05) is 13.8 Å². The number of carboxylic acids is 1. The molecule has 2 saturated carbocycles. The molecule has 2 atom stereocenters. The molecule has 1 N–H and O–H groups in total. The lowest BCUT2D eigenvalue weighted by molar-refractivity contribution is -0.156. The molecule has 2 fully saturated rings. The first kappa shape index (κ1) is 8.73. The summed E-state index contributed by atoms with van der Waals surface area (Å²) in [5, 5.41) is 9.07. The number of ketones is 1. The lowest BCUT2D eigenvalue weighted by Gasteiger charge is -2.30. The predicted octanol–water partition coefficient (Wildman–Crippen LogP) is 1.47. The van der Waals surface area contributed by atoms with Crippen LogP contribution in [0.3, 0.4) is 0 Å². The van der Waals surface area contributed by atoms with Crippen LogP contribution in [0.25, 0.3) is 0 Å². The van der Waals surface area contributed by atoms with E-state index in [1.165, 1.54) is 0 Å². The number of aliphatic carboxylic acids is 1. The van der Waals surface area contributed by atoms with E-state index >= 15 is 0 Å². The highest BCUT2D eigenvalue weighted by Crippen LogP contribution is 2.60. The molecule has 0 radical (unpaired) electrons. The van der Waals surface area contributed by atoms with Crippen LogP contribution in [0.15, 0.2) is 0 Å². The van der Waals surface area contributed by atoms with Crippen LogP contribution in [-0.2, 0) is 9.59 Å². The Hall–Kier alpha value is -0.860. The van der Waals surface area contributed by atoms with Gasteiger partial charge in [-0.15, -0.1) is 0 Å². The van der Waals surface area contributed by atoms with Gasteiger partial charge in [-0.1, -0.05) is 13.8 Å². The highest BCUT2D eigenvalue weighted by Gasteiger charge is 2.65. The zero-order valence-corrected chi connectivity index (χ0v) is 7.96. The Bertz CT molecular complexity index is 293. The summed E-state index contributed by atoms with van der Waals surface area (Å²) >= 11 is 0. The van der Waals surface area contributed by atoms with E-state index in [9.17, 15) is 9.59 Å². The third kappa shape index (κ3) is 0.798. The molecule has 0 aliphatic heterocycles. The quantitative estimate of drug-likeness (QED) is 0.625. The number of rotatable bonds is 1. The summed E-state index contributed by atoms with van der Waals surface area (Å²) < 4.78 is 0. The van der Waals surface area contributed by atoms with E-state index in [2.05, 4.69) is 0 Å². The first-order chi connectivity index (χ1) is 5.91. The van der Waals surface area contributed by atoms with Gasteiger partial charge in [-0.05, 0) is 25.2 Å². The van der Waals surface area contributed by atoms with Gasteiger partial charge in [0.1, 0.15) is 5.41 Å². The van der Waals surface area contributed by atoms with Crippen LogP contribution in [-0.4, -0.2) is 16.9 Å². The Morgan fingerprint density at radius 3 is 2.46 bits per heavy atom. The largest absolute Gasteiger partial charge is 0.480 e. The molecule has 3 nitrogen and oxygen atoms in total. The summed E-state index contributed by atoms with van der Waals surface area (Å²) in [6.45, 7) is 3.76. The number of carbonyl (C=O) groups excluding carboxylic acids is 1. The van der Waals surface area contributed by atoms with E-state index in [-0.39, 0.29) is 11.7 Å². The molecule has 2 aliphatic carbocycles. The Balaban J connectivity index is 2.46. The number of hydrogen-bond donors (Lipinski definition) is 1. The first-order valence-corrected chi connectivity index (χ1v) is 4.69. The van der Waals surface area contributed by atoms with Gasteiger partial charge in [0.15, 0.2) is 5.78 Å². The van der Waals surface area contributed by atoms with Gasteiger partial charge < -0.3 is 5.11 Å². The topological polar surface area (TPSA) is 54.4 Å². The third-order valence-corrected chi connectivity index (χ3v) is 3.96. The minimum atomic E-state index is -1.02. The molecule has 2 aliphatic rings. The molecule has 2 unspecified atom stereocenters. The Morgan fingerprint density at radius 2 is 2.15 bits per heavy atom. The van der Waals surface area contributed by atoms with Gasteiger partial charge in [-0.2, -0.15) is 0 Å². The molecule has 2 bridgehead atoms. The minimum Gasteiger partial charge on any atom is -0.480 e. The molecule has 13 heavy (non-hydrogen) atoms.